The van der Waals surface area contributed by atoms with Crippen molar-refractivity contribution in [2.75, 3.05) is 11.9 Å². The summed E-state index contributed by atoms with van der Waals surface area (Å²) in [4.78, 5) is 39.9. The number of anilines is 1. The van der Waals surface area contributed by atoms with E-state index in [9.17, 15) is 14.4 Å². The predicted molar refractivity (Wildman–Crippen MR) is 152 cm³/mol. The first-order valence-electron chi connectivity index (χ1n) is 12.2. The fraction of sp³-hybridized carbons (Fsp3) is 0.129. The molecule has 7 heteroatoms. The van der Waals surface area contributed by atoms with E-state index in [4.69, 9.17) is 4.74 Å². The fourth-order valence-electron chi connectivity index (χ4n) is 4.22. The highest BCUT2D eigenvalue weighted by molar-refractivity contribution is 8.18. The SMILES string of the molecule is Cc1ccc(NC(=O)CN2C(=O)S/C(=C/c3c(OCc4ccccc4)ccc4ccccc34)C2=O)cc1C. The summed E-state index contributed by atoms with van der Waals surface area (Å²) in [6.45, 7) is 3.95. The van der Waals surface area contributed by atoms with Crippen LogP contribution in [0, 0.1) is 13.8 Å². The van der Waals surface area contributed by atoms with Crippen LogP contribution in [0.4, 0.5) is 10.5 Å². The third-order valence-corrected chi connectivity index (χ3v) is 7.32. The van der Waals surface area contributed by atoms with Gasteiger partial charge in [0.25, 0.3) is 11.1 Å². The van der Waals surface area contributed by atoms with Crippen molar-refractivity contribution in [3.05, 3.63) is 112 Å². The van der Waals surface area contributed by atoms with Crippen LogP contribution < -0.4 is 10.1 Å². The second-order valence-electron chi connectivity index (χ2n) is 9.09. The number of carbonyl (C=O) groups is 3. The molecule has 1 fully saturated rings. The molecule has 190 valence electrons. The van der Waals surface area contributed by atoms with E-state index in [2.05, 4.69) is 5.32 Å². The fourth-order valence-corrected chi connectivity index (χ4v) is 5.04. The number of nitrogens with zero attached hydrogens (tertiary/aromatic N) is 1. The van der Waals surface area contributed by atoms with Gasteiger partial charge in [-0.2, -0.15) is 0 Å². The molecule has 0 bridgehead atoms. The lowest BCUT2D eigenvalue weighted by molar-refractivity contribution is -0.127. The van der Waals surface area contributed by atoms with Gasteiger partial charge in [-0.25, -0.2) is 0 Å². The van der Waals surface area contributed by atoms with Gasteiger partial charge in [0.1, 0.15) is 18.9 Å². The van der Waals surface area contributed by atoms with Gasteiger partial charge in [0, 0.05) is 11.3 Å². The van der Waals surface area contributed by atoms with Crippen LogP contribution in [0.25, 0.3) is 16.8 Å². The molecule has 5 rings (SSSR count). The van der Waals surface area contributed by atoms with Crippen molar-refractivity contribution >= 4 is 51.4 Å². The van der Waals surface area contributed by atoms with Gasteiger partial charge in [-0.3, -0.25) is 19.3 Å². The van der Waals surface area contributed by atoms with Gasteiger partial charge in [0.2, 0.25) is 5.91 Å². The van der Waals surface area contributed by atoms with Gasteiger partial charge in [0.15, 0.2) is 0 Å². The Kier molecular flexibility index (Phi) is 7.29. The van der Waals surface area contributed by atoms with Gasteiger partial charge in [-0.05, 0) is 77.3 Å². The number of fused-ring (bicyclic) bond motifs is 1. The van der Waals surface area contributed by atoms with Crippen LogP contribution in [0.1, 0.15) is 22.3 Å². The van der Waals surface area contributed by atoms with Crippen LogP contribution in [0.2, 0.25) is 0 Å². The smallest absolute Gasteiger partial charge is 0.294 e. The molecule has 0 atom stereocenters. The molecule has 0 spiro atoms. The summed E-state index contributed by atoms with van der Waals surface area (Å²) in [6.07, 6.45) is 1.69. The van der Waals surface area contributed by atoms with E-state index in [1.807, 2.05) is 92.7 Å². The molecule has 1 aliphatic heterocycles. The van der Waals surface area contributed by atoms with Crippen molar-refractivity contribution in [1.29, 1.82) is 0 Å². The maximum atomic E-state index is 13.2. The molecular formula is C31H26N2O4S. The van der Waals surface area contributed by atoms with E-state index >= 15 is 0 Å². The quantitative estimate of drug-likeness (QED) is 0.273. The number of hydrogen-bond acceptors (Lipinski definition) is 5. The van der Waals surface area contributed by atoms with E-state index in [1.54, 1.807) is 12.1 Å². The normalized spacial score (nSPS) is 14.4. The topological polar surface area (TPSA) is 75.7 Å². The molecule has 3 amide bonds. The van der Waals surface area contributed by atoms with Gasteiger partial charge < -0.3 is 10.1 Å². The number of thioether (sulfide) groups is 1. The van der Waals surface area contributed by atoms with E-state index in [0.29, 0.717) is 23.6 Å². The van der Waals surface area contributed by atoms with Crippen molar-refractivity contribution in [2.45, 2.75) is 20.5 Å². The number of hydrogen-bond donors (Lipinski definition) is 1. The Hall–Kier alpha value is -4.36. The number of nitrogens with one attached hydrogen (secondary N) is 1. The third kappa shape index (κ3) is 5.48. The molecule has 0 unspecified atom stereocenters. The summed E-state index contributed by atoms with van der Waals surface area (Å²) in [6, 6.07) is 27.0. The number of aryl methyl sites for hydroxylation is 2. The van der Waals surface area contributed by atoms with Gasteiger partial charge in [-0.1, -0.05) is 66.7 Å². The number of rotatable bonds is 7. The monoisotopic (exact) mass is 522 g/mol. The minimum atomic E-state index is -0.503. The molecule has 0 aliphatic carbocycles. The Balaban J connectivity index is 1.39. The number of imide groups is 1. The van der Waals surface area contributed by atoms with E-state index in [-0.39, 0.29) is 11.4 Å². The lowest BCUT2D eigenvalue weighted by Gasteiger charge is -2.14. The maximum absolute atomic E-state index is 13.2. The molecule has 4 aromatic rings. The molecular weight excluding hydrogens is 496 g/mol. The number of amides is 3. The number of carbonyl (C=O) groups excluding carboxylic acids is 3. The van der Waals surface area contributed by atoms with Crippen molar-refractivity contribution in [1.82, 2.24) is 4.90 Å². The Morgan fingerprint density at radius 1 is 0.921 bits per heavy atom. The van der Waals surface area contributed by atoms with E-state index < -0.39 is 17.1 Å². The standard InChI is InChI=1S/C31H26N2O4S/c1-20-12-14-24(16-21(20)2)32-29(34)18-33-30(35)28(38-31(33)36)17-26-25-11-7-6-10-23(25)13-15-27(26)37-19-22-8-4-3-5-9-22/h3-17H,18-19H2,1-2H3,(H,32,34)/b28-17+. The first-order valence-corrected chi connectivity index (χ1v) is 13.0. The van der Waals surface area contributed by atoms with Crippen LogP contribution >= 0.6 is 11.8 Å². The zero-order valence-corrected chi connectivity index (χ0v) is 21.9. The molecule has 1 N–H and O–H groups in total. The van der Waals surface area contributed by atoms with Crippen LogP contribution in [-0.4, -0.2) is 28.5 Å². The highest BCUT2D eigenvalue weighted by atomic mass is 32.2. The zero-order chi connectivity index (χ0) is 26.6. The molecule has 0 radical (unpaired) electrons. The second-order valence-corrected chi connectivity index (χ2v) is 10.1. The lowest BCUT2D eigenvalue weighted by atomic mass is 10.0. The average molecular weight is 523 g/mol. The molecule has 38 heavy (non-hydrogen) atoms. The Morgan fingerprint density at radius 2 is 1.68 bits per heavy atom. The largest absolute Gasteiger partial charge is 0.488 e. The number of benzene rings is 4. The van der Waals surface area contributed by atoms with Crippen LogP contribution in [0.15, 0.2) is 89.8 Å². The Morgan fingerprint density at radius 3 is 2.47 bits per heavy atom. The summed E-state index contributed by atoms with van der Waals surface area (Å²) in [5.41, 5.74) is 4.50. The number of ether oxygens (including phenoxy) is 1. The first kappa shape index (κ1) is 25.3. The van der Waals surface area contributed by atoms with Crippen LogP contribution in [0.5, 0.6) is 5.75 Å². The Labute approximate surface area is 225 Å². The minimum Gasteiger partial charge on any atom is -0.488 e. The summed E-state index contributed by atoms with van der Waals surface area (Å²) in [7, 11) is 0. The van der Waals surface area contributed by atoms with Crippen molar-refractivity contribution in [3.8, 4) is 5.75 Å². The van der Waals surface area contributed by atoms with Crippen LogP contribution in [-0.2, 0) is 16.2 Å². The molecule has 1 aliphatic rings. The van der Waals surface area contributed by atoms with Crippen LogP contribution in [0.3, 0.4) is 0 Å². The summed E-state index contributed by atoms with van der Waals surface area (Å²) >= 11 is 0.824. The van der Waals surface area contributed by atoms with E-state index in [1.165, 1.54) is 0 Å². The highest BCUT2D eigenvalue weighted by Gasteiger charge is 2.36. The molecule has 1 heterocycles. The molecule has 4 aromatic carbocycles. The summed E-state index contributed by atoms with van der Waals surface area (Å²) in [5, 5.41) is 4.18. The summed E-state index contributed by atoms with van der Waals surface area (Å²) in [5.74, 6) is -0.335. The molecule has 1 saturated heterocycles. The van der Waals surface area contributed by atoms with Gasteiger partial charge >= 0.3 is 0 Å². The molecule has 0 saturated carbocycles. The zero-order valence-electron chi connectivity index (χ0n) is 21.1. The van der Waals surface area contributed by atoms with E-state index in [0.717, 1.165) is 44.1 Å². The molecule has 6 nitrogen and oxygen atoms in total. The van der Waals surface area contributed by atoms with Crippen molar-refractivity contribution < 1.29 is 19.1 Å². The maximum Gasteiger partial charge on any atom is 0.294 e. The average Bonchev–Trinajstić information content (AvgIpc) is 3.18. The highest BCUT2D eigenvalue weighted by Crippen LogP contribution is 2.37. The summed E-state index contributed by atoms with van der Waals surface area (Å²) < 4.78 is 6.15. The van der Waals surface area contributed by atoms with Gasteiger partial charge in [-0.15, -0.1) is 0 Å². The van der Waals surface area contributed by atoms with Crippen molar-refractivity contribution in [3.63, 3.8) is 0 Å². The minimum absolute atomic E-state index is 0.245. The predicted octanol–water partition coefficient (Wildman–Crippen LogP) is 6.71. The second kappa shape index (κ2) is 10.9. The lowest BCUT2D eigenvalue weighted by Crippen LogP contribution is -2.36. The third-order valence-electron chi connectivity index (χ3n) is 6.41. The van der Waals surface area contributed by atoms with Gasteiger partial charge in [0.05, 0.1) is 4.91 Å². The Bertz CT molecular complexity index is 1580. The van der Waals surface area contributed by atoms with Crippen molar-refractivity contribution in [2.24, 2.45) is 0 Å². The molecule has 0 aromatic heterocycles. The first-order chi connectivity index (χ1) is 18.4.